The molecule has 2 unspecified atom stereocenters. The molecule has 0 aliphatic carbocycles. The average Bonchev–Trinajstić information content (AvgIpc) is 3.59. The van der Waals surface area contributed by atoms with Crippen LogP contribution in [0.25, 0.3) is 12.2 Å². The topological polar surface area (TPSA) is 164 Å². The second-order valence-corrected chi connectivity index (χ2v) is 11.9. The Kier molecular flexibility index (Phi) is 9.57. The van der Waals surface area contributed by atoms with Crippen LogP contribution in [0.2, 0.25) is 0 Å². The maximum absolute atomic E-state index is 12.4. The number of hydrogen-bond acceptors (Lipinski definition) is 6. The van der Waals surface area contributed by atoms with Gasteiger partial charge in [-0.1, -0.05) is 33.4 Å². The summed E-state index contributed by atoms with van der Waals surface area (Å²) >= 11 is 0. The Morgan fingerprint density at radius 1 is 0.977 bits per heavy atom. The fourth-order valence-corrected chi connectivity index (χ4v) is 6.67. The molecule has 1 aromatic rings. The van der Waals surface area contributed by atoms with Crippen molar-refractivity contribution in [3.05, 3.63) is 69.2 Å². The largest absolute Gasteiger partial charge is 0.495 e. The fourth-order valence-electron chi connectivity index (χ4n) is 6.67. The first-order chi connectivity index (χ1) is 20.4. The van der Waals surface area contributed by atoms with Crippen LogP contribution < -0.4 is 16.0 Å². The van der Waals surface area contributed by atoms with Crippen molar-refractivity contribution in [3.8, 4) is 0 Å². The molecule has 0 bridgehead atoms. The summed E-state index contributed by atoms with van der Waals surface area (Å²) < 4.78 is 0. The highest BCUT2D eigenvalue weighted by atomic mass is 16.4. The van der Waals surface area contributed by atoms with Gasteiger partial charge in [0.05, 0.1) is 0 Å². The SMILES string of the molecule is C=CC1=C(O)N[C@H](CC2N/C(=C/c3[nH]c(/C=C4/NC(=O)[C@H](C)[C@H]4CC)c(C)c3CCC(=O)O)C(CCC(=O)O)=C2C)C1C. The minimum atomic E-state index is -0.895. The lowest BCUT2D eigenvalue weighted by Crippen LogP contribution is -2.36. The lowest BCUT2D eigenvalue weighted by atomic mass is 9.90. The number of carbonyl (C=O) groups excluding carboxylic acids is 1. The van der Waals surface area contributed by atoms with Gasteiger partial charge in [0.2, 0.25) is 5.91 Å². The molecule has 3 aliphatic rings. The Morgan fingerprint density at radius 3 is 2.26 bits per heavy atom. The number of aromatic nitrogens is 1. The third-order valence-corrected chi connectivity index (χ3v) is 9.39. The zero-order valence-corrected chi connectivity index (χ0v) is 25.6. The van der Waals surface area contributed by atoms with Crippen LogP contribution in [0.5, 0.6) is 0 Å². The molecule has 1 amide bonds. The molecule has 0 radical (unpaired) electrons. The van der Waals surface area contributed by atoms with Crippen LogP contribution in [0.1, 0.15) is 82.3 Å². The predicted molar refractivity (Wildman–Crippen MR) is 166 cm³/mol. The van der Waals surface area contributed by atoms with Crippen molar-refractivity contribution in [3.63, 3.8) is 0 Å². The molecule has 4 heterocycles. The van der Waals surface area contributed by atoms with Crippen LogP contribution in [0.4, 0.5) is 0 Å². The minimum absolute atomic E-state index is 0.00423. The summed E-state index contributed by atoms with van der Waals surface area (Å²) in [7, 11) is 0. The number of allylic oxidation sites excluding steroid dienone is 3. The fraction of sp³-hybridized carbons (Fsp3) is 0.485. The molecule has 0 saturated carbocycles. The number of amides is 1. The van der Waals surface area contributed by atoms with Gasteiger partial charge in [-0.05, 0) is 74.0 Å². The second-order valence-electron chi connectivity index (χ2n) is 11.9. The number of aliphatic hydroxyl groups is 1. The van der Waals surface area contributed by atoms with E-state index in [1.54, 1.807) is 6.08 Å². The summed E-state index contributed by atoms with van der Waals surface area (Å²) in [6, 6.07) is -0.124. The van der Waals surface area contributed by atoms with Crippen molar-refractivity contribution in [2.75, 3.05) is 0 Å². The van der Waals surface area contributed by atoms with Crippen LogP contribution in [0.15, 0.2) is 46.7 Å². The van der Waals surface area contributed by atoms with Crippen LogP contribution in [0.3, 0.4) is 0 Å². The van der Waals surface area contributed by atoms with Gasteiger partial charge in [-0.15, -0.1) is 0 Å². The van der Waals surface area contributed by atoms with Gasteiger partial charge in [-0.2, -0.15) is 0 Å². The molecule has 1 saturated heterocycles. The maximum Gasteiger partial charge on any atom is 0.303 e. The highest BCUT2D eigenvalue weighted by molar-refractivity contribution is 5.86. The predicted octanol–water partition coefficient (Wildman–Crippen LogP) is 4.92. The standard InChI is InChI=1S/C33H44N4O6/c1-7-20-19(6)32(42)37-27(20)14-25-18(5)23(10-12-31(40)41)29(35-25)15-28-22(9-11-30(38)39)17(4)24(34-28)13-26-16(3)21(8-2)33(43)36-26/h8,14-16,19-20,24,26,34-36,43H,2,7,9-13H2,1,3-6H3,(H,37,42)(H,38,39)(H,40,41)/b27-14+,28-15+/t16?,19-,20-,24?,26-/m1/s1. The van der Waals surface area contributed by atoms with Gasteiger partial charge < -0.3 is 36.3 Å². The molecule has 7 N–H and O–H groups in total. The Hall–Kier alpha value is -4.21. The Bertz CT molecular complexity index is 1440. The highest BCUT2D eigenvalue weighted by Gasteiger charge is 2.36. The van der Waals surface area contributed by atoms with Gasteiger partial charge in [0.1, 0.15) is 0 Å². The van der Waals surface area contributed by atoms with Crippen molar-refractivity contribution >= 4 is 30.0 Å². The molecule has 10 nitrogen and oxygen atoms in total. The molecule has 0 aromatic carbocycles. The number of rotatable bonds is 12. The van der Waals surface area contributed by atoms with Gasteiger partial charge in [0, 0.05) is 71.0 Å². The van der Waals surface area contributed by atoms with Crippen LogP contribution in [-0.2, 0) is 20.8 Å². The van der Waals surface area contributed by atoms with Crippen molar-refractivity contribution in [2.24, 2.45) is 17.8 Å². The summed E-state index contributed by atoms with van der Waals surface area (Å²) in [6.45, 7) is 13.8. The number of aliphatic carboxylic acids is 2. The van der Waals surface area contributed by atoms with Crippen molar-refractivity contribution in [2.45, 2.75) is 85.2 Å². The highest BCUT2D eigenvalue weighted by Crippen LogP contribution is 2.37. The molecule has 232 valence electrons. The number of hydrogen-bond donors (Lipinski definition) is 7. The van der Waals surface area contributed by atoms with Crippen LogP contribution in [-0.4, -0.2) is 50.2 Å². The zero-order valence-electron chi connectivity index (χ0n) is 25.6. The smallest absolute Gasteiger partial charge is 0.303 e. The zero-order chi connectivity index (χ0) is 31.6. The molecule has 1 fully saturated rings. The summed E-state index contributed by atoms with van der Waals surface area (Å²) in [4.78, 5) is 38.9. The second kappa shape index (κ2) is 13.0. The first kappa shape index (κ1) is 31.7. The van der Waals surface area contributed by atoms with Crippen molar-refractivity contribution < 1.29 is 29.7 Å². The van der Waals surface area contributed by atoms with E-state index in [-0.39, 0.29) is 54.5 Å². The Labute approximate surface area is 252 Å². The summed E-state index contributed by atoms with van der Waals surface area (Å²) in [5.74, 6) is -1.64. The van der Waals surface area contributed by atoms with E-state index in [9.17, 15) is 29.7 Å². The summed E-state index contributed by atoms with van der Waals surface area (Å²) in [5, 5.41) is 39.0. The van der Waals surface area contributed by atoms with E-state index in [2.05, 4.69) is 34.4 Å². The molecule has 0 spiro atoms. The number of aliphatic hydroxyl groups excluding tert-OH is 1. The molecular weight excluding hydrogens is 548 g/mol. The molecule has 3 aliphatic heterocycles. The first-order valence-corrected chi connectivity index (χ1v) is 15.0. The van der Waals surface area contributed by atoms with Crippen LogP contribution >= 0.6 is 0 Å². The number of carboxylic acid groups (broad SMARTS) is 2. The minimum Gasteiger partial charge on any atom is -0.495 e. The lowest BCUT2D eigenvalue weighted by Gasteiger charge is -2.23. The molecule has 43 heavy (non-hydrogen) atoms. The van der Waals surface area contributed by atoms with Gasteiger partial charge in [0.25, 0.3) is 0 Å². The summed E-state index contributed by atoms with van der Waals surface area (Å²) in [6.07, 6.45) is 7.64. The molecule has 4 rings (SSSR count). The lowest BCUT2D eigenvalue weighted by molar-refractivity contribution is -0.138. The van der Waals surface area contributed by atoms with Gasteiger partial charge in [-0.3, -0.25) is 14.4 Å². The van der Waals surface area contributed by atoms with Crippen LogP contribution in [0, 0.1) is 24.7 Å². The Balaban J connectivity index is 1.72. The number of aromatic amines is 1. The number of H-pyrrole nitrogens is 1. The number of carbonyl (C=O) groups is 3. The third-order valence-electron chi connectivity index (χ3n) is 9.39. The van der Waals surface area contributed by atoms with E-state index >= 15 is 0 Å². The molecule has 5 atom stereocenters. The van der Waals surface area contributed by atoms with E-state index in [0.717, 1.165) is 57.0 Å². The molecule has 10 heteroatoms. The van der Waals surface area contributed by atoms with E-state index in [1.807, 2.05) is 39.8 Å². The molecular formula is C33H44N4O6. The summed E-state index contributed by atoms with van der Waals surface area (Å²) in [5.41, 5.74) is 7.70. The number of carboxylic acids is 2. The maximum atomic E-state index is 12.4. The average molecular weight is 593 g/mol. The van der Waals surface area contributed by atoms with Gasteiger partial charge in [-0.25, -0.2) is 0 Å². The normalized spacial score (nSPS) is 27.2. The number of nitrogens with one attached hydrogen (secondary N) is 4. The van der Waals surface area contributed by atoms with E-state index in [1.165, 1.54) is 0 Å². The monoisotopic (exact) mass is 592 g/mol. The third kappa shape index (κ3) is 6.58. The van der Waals surface area contributed by atoms with Crippen molar-refractivity contribution in [1.29, 1.82) is 0 Å². The van der Waals surface area contributed by atoms with Crippen molar-refractivity contribution in [1.82, 2.24) is 20.9 Å². The first-order valence-electron chi connectivity index (χ1n) is 15.0. The molecule has 1 aromatic heterocycles. The van der Waals surface area contributed by atoms with E-state index < -0.39 is 11.9 Å². The van der Waals surface area contributed by atoms with Gasteiger partial charge in [0.15, 0.2) is 5.88 Å². The Morgan fingerprint density at radius 2 is 1.65 bits per heavy atom. The van der Waals surface area contributed by atoms with E-state index in [0.29, 0.717) is 19.3 Å². The van der Waals surface area contributed by atoms with E-state index in [4.69, 9.17) is 0 Å². The van der Waals surface area contributed by atoms with Gasteiger partial charge >= 0.3 is 11.9 Å². The quantitative estimate of drug-likeness (QED) is 0.180.